The first-order valence-corrected chi connectivity index (χ1v) is 8.64. The molecule has 1 aliphatic carbocycles. The number of rotatable bonds is 8. The van der Waals surface area contributed by atoms with Gasteiger partial charge in [0.2, 0.25) is 0 Å². The third-order valence-corrected chi connectivity index (χ3v) is 5.19. The minimum Gasteiger partial charge on any atom is -0.313 e. The van der Waals surface area contributed by atoms with E-state index in [9.17, 15) is 0 Å². The predicted octanol–water partition coefficient (Wildman–Crippen LogP) is 2.57. The van der Waals surface area contributed by atoms with E-state index in [0.717, 1.165) is 12.1 Å². The van der Waals surface area contributed by atoms with Crippen molar-refractivity contribution in [3.63, 3.8) is 0 Å². The molecule has 1 N–H and O–H groups in total. The fraction of sp³-hybridized carbons (Fsp3) is 1.00. The molecular formula is C17H35N3. The van der Waals surface area contributed by atoms with E-state index in [1.807, 2.05) is 0 Å². The Morgan fingerprint density at radius 3 is 2.40 bits per heavy atom. The van der Waals surface area contributed by atoms with Crippen LogP contribution >= 0.6 is 0 Å². The number of likely N-dealkylation sites (tertiary alicyclic amines) is 1. The van der Waals surface area contributed by atoms with E-state index >= 15 is 0 Å². The zero-order valence-corrected chi connectivity index (χ0v) is 14.1. The lowest BCUT2D eigenvalue weighted by atomic mass is 9.84. The Morgan fingerprint density at radius 2 is 1.85 bits per heavy atom. The zero-order valence-electron chi connectivity index (χ0n) is 14.1. The van der Waals surface area contributed by atoms with Gasteiger partial charge in [-0.1, -0.05) is 20.3 Å². The van der Waals surface area contributed by atoms with Crippen LogP contribution in [0.25, 0.3) is 0 Å². The standard InChI is InChI=1S/C17H35N3/c1-5-10-17(2,13-18-15-6-7-15)14-20(4)16-8-11-19(3)12-9-16/h15-16,18H,5-14H2,1-4H3. The zero-order chi connectivity index (χ0) is 14.6. The topological polar surface area (TPSA) is 18.5 Å². The minimum absolute atomic E-state index is 0.440. The molecule has 1 atom stereocenters. The summed E-state index contributed by atoms with van der Waals surface area (Å²) in [6.07, 6.45) is 8.10. The average molecular weight is 281 g/mol. The first-order valence-electron chi connectivity index (χ1n) is 8.64. The third-order valence-electron chi connectivity index (χ3n) is 5.19. The molecule has 1 saturated carbocycles. The first kappa shape index (κ1) is 16.3. The van der Waals surface area contributed by atoms with E-state index in [4.69, 9.17) is 0 Å². The quantitative estimate of drug-likeness (QED) is 0.738. The molecular weight excluding hydrogens is 246 g/mol. The maximum absolute atomic E-state index is 3.76. The second kappa shape index (κ2) is 7.24. The maximum Gasteiger partial charge on any atom is 0.0117 e. The number of hydrogen-bond donors (Lipinski definition) is 1. The highest BCUT2D eigenvalue weighted by atomic mass is 15.2. The van der Waals surface area contributed by atoms with Crippen molar-refractivity contribution in [2.75, 3.05) is 40.3 Å². The summed E-state index contributed by atoms with van der Waals surface area (Å²) in [6, 6.07) is 1.63. The molecule has 20 heavy (non-hydrogen) atoms. The lowest BCUT2D eigenvalue weighted by molar-refractivity contribution is 0.0940. The lowest BCUT2D eigenvalue weighted by Gasteiger charge is -2.40. The Bertz CT molecular complexity index is 282. The van der Waals surface area contributed by atoms with Crippen LogP contribution in [0.15, 0.2) is 0 Å². The van der Waals surface area contributed by atoms with E-state index < -0.39 is 0 Å². The van der Waals surface area contributed by atoms with Gasteiger partial charge in [0.25, 0.3) is 0 Å². The fourth-order valence-corrected chi connectivity index (χ4v) is 3.67. The van der Waals surface area contributed by atoms with Crippen molar-refractivity contribution < 1.29 is 0 Å². The summed E-state index contributed by atoms with van der Waals surface area (Å²) in [5.41, 5.74) is 0.440. The molecule has 1 unspecified atom stereocenters. The molecule has 3 heteroatoms. The normalized spacial score (nSPS) is 25.1. The van der Waals surface area contributed by atoms with Crippen molar-refractivity contribution in [3.05, 3.63) is 0 Å². The summed E-state index contributed by atoms with van der Waals surface area (Å²) in [6.45, 7) is 9.78. The smallest absolute Gasteiger partial charge is 0.0117 e. The number of hydrogen-bond acceptors (Lipinski definition) is 3. The summed E-state index contributed by atoms with van der Waals surface area (Å²) < 4.78 is 0. The predicted molar refractivity (Wildman–Crippen MR) is 87.2 cm³/mol. The van der Waals surface area contributed by atoms with Gasteiger partial charge in [0.15, 0.2) is 0 Å². The van der Waals surface area contributed by atoms with Gasteiger partial charge in [-0.25, -0.2) is 0 Å². The molecule has 1 aliphatic heterocycles. The van der Waals surface area contributed by atoms with E-state index in [2.05, 4.69) is 43.1 Å². The van der Waals surface area contributed by atoms with Gasteiger partial charge in [0.1, 0.15) is 0 Å². The van der Waals surface area contributed by atoms with E-state index in [1.165, 1.54) is 64.7 Å². The van der Waals surface area contributed by atoms with Gasteiger partial charge in [0, 0.05) is 25.2 Å². The fourth-order valence-electron chi connectivity index (χ4n) is 3.67. The molecule has 3 nitrogen and oxygen atoms in total. The Morgan fingerprint density at radius 1 is 1.20 bits per heavy atom. The average Bonchev–Trinajstić information content (AvgIpc) is 3.21. The number of nitrogens with zero attached hydrogens (tertiary/aromatic N) is 2. The Labute approximate surface area is 126 Å². The van der Waals surface area contributed by atoms with Crippen molar-refractivity contribution in [2.45, 2.75) is 64.5 Å². The monoisotopic (exact) mass is 281 g/mol. The van der Waals surface area contributed by atoms with Crippen LogP contribution in [0, 0.1) is 5.41 Å². The summed E-state index contributed by atoms with van der Waals surface area (Å²) >= 11 is 0. The van der Waals surface area contributed by atoms with Crippen LogP contribution in [-0.2, 0) is 0 Å². The van der Waals surface area contributed by atoms with Crippen molar-refractivity contribution >= 4 is 0 Å². The molecule has 0 amide bonds. The molecule has 0 radical (unpaired) electrons. The molecule has 2 fully saturated rings. The highest BCUT2D eigenvalue weighted by Gasteiger charge is 2.31. The molecule has 0 spiro atoms. The van der Waals surface area contributed by atoms with Crippen molar-refractivity contribution in [3.8, 4) is 0 Å². The van der Waals surface area contributed by atoms with Gasteiger partial charge in [-0.2, -0.15) is 0 Å². The molecule has 1 heterocycles. The van der Waals surface area contributed by atoms with Crippen LogP contribution in [0.5, 0.6) is 0 Å². The second-order valence-corrected chi connectivity index (χ2v) is 7.67. The number of nitrogens with one attached hydrogen (secondary N) is 1. The van der Waals surface area contributed by atoms with Crippen LogP contribution in [0.2, 0.25) is 0 Å². The lowest BCUT2D eigenvalue weighted by Crippen LogP contribution is -2.48. The van der Waals surface area contributed by atoms with Crippen LogP contribution in [0.1, 0.15) is 52.4 Å². The molecule has 118 valence electrons. The Hall–Kier alpha value is -0.120. The van der Waals surface area contributed by atoms with Gasteiger partial charge < -0.3 is 15.1 Å². The molecule has 2 aliphatic rings. The minimum atomic E-state index is 0.440. The van der Waals surface area contributed by atoms with Crippen molar-refractivity contribution in [2.24, 2.45) is 5.41 Å². The summed E-state index contributed by atoms with van der Waals surface area (Å²) in [7, 11) is 4.60. The van der Waals surface area contributed by atoms with Crippen molar-refractivity contribution in [1.82, 2.24) is 15.1 Å². The van der Waals surface area contributed by atoms with Gasteiger partial charge >= 0.3 is 0 Å². The molecule has 0 aromatic heterocycles. The maximum atomic E-state index is 3.76. The Kier molecular flexibility index (Phi) is 5.88. The molecule has 0 aromatic rings. The molecule has 2 rings (SSSR count). The van der Waals surface area contributed by atoms with E-state index in [1.54, 1.807) is 0 Å². The highest BCUT2D eigenvalue weighted by Crippen LogP contribution is 2.28. The SMILES string of the molecule is CCCC(C)(CNC1CC1)CN(C)C1CCN(C)CC1. The number of piperidine rings is 1. The highest BCUT2D eigenvalue weighted by molar-refractivity contribution is 4.88. The molecule has 1 saturated heterocycles. The summed E-state index contributed by atoms with van der Waals surface area (Å²) in [5, 5.41) is 3.76. The largest absolute Gasteiger partial charge is 0.313 e. The molecule has 0 bridgehead atoms. The van der Waals surface area contributed by atoms with Gasteiger partial charge in [0.05, 0.1) is 0 Å². The van der Waals surface area contributed by atoms with Crippen LogP contribution in [0.3, 0.4) is 0 Å². The summed E-state index contributed by atoms with van der Waals surface area (Å²) in [5.74, 6) is 0. The van der Waals surface area contributed by atoms with E-state index in [0.29, 0.717) is 5.41 Å². The first-order chi connectivity index (χ1) is 9.52. The van der Waals surface area contributed by atoms with Gasteiger partial charge in [-0.05, 0) is 64.7 Å². The van der Waals surface area contributed by atoms with Crippen LogP contribution in [-0.4, -0.2) is 62.2 Å². The molecule has 0 aromatic carbocycles. The van der Waals surface area contributed by atoms with Crippen LogP contribution < -0.4 is 5.32 Å². The third kappa shape index (κ3) is 5.01. The van der Waals surface area contributed by atoms with Crippen LogP contribution in [0.4, 0.5) is 0 Å². The summed E-state index contributed by atoms with van der Waals surface area (Å²) in [4.78, 5) is 5.11. The second-order valence-electron chi connectivity index (χ2n) is 7.67. The Balaban J connectivity index is 1.81. The van der Waals surface area contributed by atoms with Gasteiger partial charge in [-0.15, -0.1) is 0 Å². The van der Waals surface area contributed by atoms with Crippen molar-refractivity contribution in [1.29, 1.82) is 0 Å². The van der Waals surface area contributed by atoms with Gasteiger partial charge in [-0.3, -0.25) is 0 Å². The van der Waals surface area contributed by atoms with E-state index in [-0.39, 0.29) is 0 Å².